The number of nitrogens with zero attached hydrogens (tertiary/aromatic N) is 1. The largest absolute Gasteiger partial charge is 0.487 e. The molecule has 0 spiro atoms. The quantitative estimate of drug-likeness (QED) is 0.540. The summed E-state index contributed by atoms with van der Waals surface area (Å²) in [5.41, 5.74) is 0.385. The monoisotopic (exact) mass is 296 g/mol. The lowest BCUT2D eigenvalue weighted by molar-refractivity contribution is -0.385. The second kappa shape index (κ2) is 8.46. The highest BCUT2D eigenvalue weighted by Crippen LogP contribution is 2.35. The van der Waals surface area contributed by atoms with E-state index in [4.69, 9.17) is 9.84 Å². The molecule has 21 heavy (non-hydrogen) atoms. The van der Waals surface area contributed by atoms with Gasteiger partial charge in [0.25, 0.3) is 0 Å². The highest BCUT2D eigenvalue weighted by molar-refractivity contribution is 5.68. The van der Waals surface area contributed by atoms with Crippen molar-refractivity contribution in [2.75, 3.05) is 18.5 Å². The molecule has 0 bridgehead atoms. The van der Waals surface area contributed by atoms with Crippen molar-refractivity contribution in [2.45, 2.75) is 39.7 Å². The Hall–Kier alpha value is -1.82. The Morgan fingerprint density at radius 3 is 2.67 bits per heavy atom. The fourth-order valence-corrected chi connectivity index (χ4v) is 2.07. The number of hydrogen-bond acceptors (Lipinski definition) is 5. The van der Waals surface area contributed by atoms with E-state index in [1.165, 1.54) is 0 Å². The van der Waals surface area contributed by atoms with Crippen LogP contribution in [0.3, 0.4) is 0 Å². The van der Waals surface area contributed by atoms with E-state index in [1.807, 2.05) is 20.8 Å². The van der Waals surface area contributed by atoms with Crippen LogP contribution in [0.4, 0.5) is 11.4 Å². The Balaban J connectivity index is 3.07. The van der Waals surface area contributed by atoms with Crippen molar-refractivity contribution in [3.05, 3.63) is 28.3 Å². The van der Waals surface area contributed by atoms with Gasteiger partial charge in [0, 0.05) is 12.6 Å². The van der Waals surface area contributed by atoms with Gasteiger partial charge in [-0.05, 0) is 30.9 Å². The van der Waals surface area contributed by atoms with Gasteiger partial charge in [0.05, 0.1) is 11.5 Å². The molecule has 0 radical (unpaired) electrons. The molecule has 0 aliphatic carbocycles. The normalized spacial score (nSPS) is 12.2. The van der Waals surface area contributed by atoms with Gasteiger partial charge in [-0.2, -0.15) is 0 Å². The highest BCUT2D eigenvalue weighted by Gasteiger charge is 2.23. The number of rotatable bonds is 9. The number of para-hydroxylation sites is 1. The summed E-state index contributed by atoms with van der Waals surface area (Å²) in [6.07, 6.45) is 1.32. The van der Waals surface area contributed by atoms with E-state index in [0.717, 1.165) is 6.42 Å². The van der Waals surface area contributed by atoms with Crippen LogP contribution in [0.2, 0.25) is 0 Å². The highest BCUT2D eigenvalue weighted by atomic mass is 16.6. The lowest BCUT2D eigenvalue weighted by atomic mass is 10.0. The number of anilines is 1. The molecule has 1 unspecified atom stereocenters. The molecular weight excluding hydrogens is 272 g/mol. The molecule has 0 fully saturated rings. The zero-order chi connectivity index (χ0) is 15.8. The van der Waals surface area contributed by atoms with Gasteiger partial charge in [-0.15, -0.1) is 0 Å². The minimum absolute atomic E-state index is 0.0323. The van der Waals surface area contributed by atoms with Crippen LogP contribution in [0.15, 0.2) is 18.2 Å². The third-order valence-corrected chi connectivity index (χ3v) is 3.23. The average molecular weight is 296 g/mol. The molecule has 0 amide bonds. The number of benzene rings is 1. The van der Waals surface area contributed by atoms with Gasteiger partial charge in [0.1, 0.15) is 5.69 Å². The Morgan fingerprint density at radius 1 is 1.43 bits per heavy atom. The van der Waals surface area contributed by atoms with Crippen LogP contribution in [-0.2, 0) is 0 Å². The fourth-order valence-electron chi connectivity index (χ4n) is 2.07. The number of hydrogen-bond donors (Lipinski definition) is 2. The summed E-state index contributed by atoms with van der Waals surface area (Å²) < 4.78 is 5.46. The zero-order valence-corrected chi connectivity index (χ0v) is 12.8. The summed E-state index contributed by atoms with van der Waals surface area (Å²) in [7, 11) is 0. The van der Waals surface area contributed by atoms with Gasteiger partial charge in [-0.25, -0.2) is 0 Å². The van der Waals surface area contributed by atoms with Crippen molar-refractivity contribution >= 4 is 11.4 Å². The van der Waals surface area contributed by atoms with Crippen LogP contribution in [0.5, 0.6) is 5.75 Å². The molecule has 0 aromatic heterocycles. The molecular formula is C15H24N2O4. The van der Waals surface area contributed by atoms with Crippen molar-refractivity contribution < 1.29 is 14.8 Å². The summed E-state index contributed by atoms with van der Waals surface area (Å²) in [5, 5.41) is 23.6. The zero-order valence-electron chi connectivity index (χ0n) is 12.8. The third-order valence-electron chi connectivity index (χ3n) is 3.23. The van der Waals surface area contributed by atoms with E-state index >= 15 is 0 Å². The third kappa shape index (κ3) is 4.90. The molecule has 0 aliphatic rings. The number of ether oxygens (including phenoxy) is 1. The SMILES string of the molecule is CCCOc1cccc(NC(CCO)C(C)C)c1[N+](=O)[O-]. The van der Waals surface area contributed by atoms with E-state index in [0.29, 0.717) is 18.7 Å². The summed E-state index contributed by atoms with van der Waals surface area (Å²) in [6.45, 7) is 6.45. The molecule has 0 saturated heterocycles. The summed E-state index contributed by atoms with van der Waals surface area (Å²) in [5.74, 6) is 0.523. The van der Waals surface area contributed by atoms with Crippen molar-refractivity contribution in [1.29, 1.82) is 0 Å². The molecule has 1 aromatic carbocycles. The summed E-state index contributed by atoms with van der Waals surface area (Å²) >= 11 is 0. The molecule has 1 aromatic rings. The second-order valence-corrected chi connectivity index (χ2v) is 5.27. The van der Waals surface area contributed by atoms with Crippen LogP contribution >= 0.6 is 0 Å². The predicted molar refractivity (Wildman–Crippen MR) is 82.8 cm³/mol. The average Bonchev–Trinajstić information content (AvgIpc) is 2.44. The van der Waals surface area contributed by atoms with Gasteiger partial charge in [0.2, 0.25) is 0 Å². The predicted octanol–water partition coefficient (Wildman–Crippen LogP) is 3.20. The first-order chi connectivity index (χ1) is 10.0. The molecule has 2 N–H and O–H groups in total. The van der Waals surface area contributed by atoms with Crippen molar-refractivity contribution in [3.63, 3.8) is 0 Å². The van der Waals surface area contributed by atoms with E-state index < -0.39 is 4.92 Å². The second-order valence-electron chi connectivity index (χ2n) is 5.27. The van der Waals surface area contributed by atoms with Crippen LogP contribution in [0, 0.1) is 16.0 Å². The smallest absolute Gasteiger partial charge is 0.333 e. The molecule has 6 nitrogen and oxygen atoms in total. The standard InChI is InChI=1S/C15H24N2O4/c1-4-10-21-14-7-5-6-13(15(14)17(19)20)16-12(8-9-18)11(2)3/h5-7,11-12,16,18H,4,8-10H2,1-3H3. The summed E-state index contributed by atoms with van der Waals surface area (Å²) in [4.78, 5) is 10.9. The van der Waals surface area contributed by atoms with Gasteiger partial charge in [-0.3, -0.25) is 10.1 Å². The maximum absolute atomic E-state index is 11.4. The molecule has 1 rings (SSSR count). The first kappa shape index (κ1) is 17.2. The van der Waals surface area contributed by atoms with Crippen LogP contribution in [-0.4, -0.2) is 29.3 Å². The Morgan fingerprint density at radius 2 is 2.14 bits per heavy atom. The molecule has 6 heteroatoms. The van der Waals surface area contributed by atoms with Crippen LogP contribution < -0.4 is 10.1 Å². The minimum atomic E-state index is -0.427. The van der Waals surface area contributed by atoms with E-state index in [9.17, 15) is 10.1 Å². The van der Waals surface area contributed by atoms with Crippen molar-refractivity contribution in [1.82, 2.24) is 0 Å². The Kier molecular flexibility index (Phi) is 6.94. The first-order valence-corrected chi connectivity index (χ1v) is 7.28. The topological polar surface area (TPSA) is 84.6 Å². The van der Waals surface area contributed by atoms with E-state index in [2.05, 4.69) is 5.32 Å². The van der Waals surface area contributed by atoms with Gasteiger partial charge < -0.3 is 15.2 Å². The first-order valence-electron chi connectivity index (χ1n) is 7.28. The number of nitrogens with one attached hydrogen (secondary N) is 1. The molecule has 0 aliphatic heterocycles. The van der Waals surface area contributed by atoms with Crippen LogP contribution in [0.1, 0.15) is 33.6 Å². The molecule has 118 valence electrons. The molecule has 1 atom stereocenters. The van der Waals surface area contributed by atoms with Crippen molar-refractivity contribution in [3.8, 4) is 5.75 Å². The number of aliphatic hydroxyl groups excluding tert-OH is 1. The Labute approximate surface area is 125 Å². The summed E-state index contributed by atoms with van der Waals surface area (Å²) in [6, 6.07) is 4.98. The number of nitro groups is 1. The van der Waals surface area contributed by atoms with Gasteiger partial charge >= 0.3 is 5.69 Å². The lowest BCUT2D eigenvalue weighted by Gasteiger charge is -2.23. The Bertz CT molecular complexity index is 463. The molecule has 0 saturated carbocycles. The minimum Gasteiger partial charge on any atom is -0.487 e. The maximum atomic E-state index is 11.4. The van der Waals surface area contributed by atoms with E-state index in [-0.39, 0.29) is 30.0 Å². The van der Waals surface area contributed by atoms with Crippen molar-refractivity contribution in [2.24, 2.45) is 5.92 Å². The molecule has 0 heterocycles. The van der Waals surface area contributed by atoms with Crippen LogP contribution in [0.25, 0.3) is 0 Å². The van der Waals surface area contributed by atoms with Gasteiger partial charge in [-0.1, -0.05) is 26.8 Å². The van der Waals surface area contributed by atoms with E-state index in [1.54, 1.807) is 18.2 Å². The maximum Gasteiger partial charge on any atom is 0.333 e. The number of aliphatic hydroxyl groups is 1. The number of nitro benzene ring substituents is 1. The fraction of sp³-hybridized carbons (Fsp3) is 0.600. The lowest BCUT2D eigenvalue weighted by Crippen LogP contribution is -2.27. The van der Waals surface area contributed by atoms with Gasteiger partial charge in [0.15, 0.2) is 5.75 Å².